The predicted octanol–water partition coefficient (Wildman–Crippen LogP) is 7.35. The number of methoxy groups -OCH3 is 1. The van der Waals surface area contributed by atoms with E-state index in [4.69, 9.17) is 9.72 Å². The van der Waals surface area contributed by atoms with E-state index in [1.54, 1.807) is 18.9 Å². The summed E-state index contributed by atoms with van der Waals surface area (Å²) in [5.41, 5.74) is 5.48. The van der Waals surface area contributed by atoms with Gasteiger partial charge in [-0.3, -0.25) is 0 Å². The zero-order valence-corrected chi connectivity index (χ0v) is 19.3. The average Bonchev–Trinajstić information content (AvgIpc) is 2.83. The van der Waals surface area contributed by atoms with Crippen LogP contribution in [0, 0.1) is 11.3 Å². The van der Waals surface area contributed by atoms with Gasteiger partial charge in [-0.05, 0) is 53.6 Å². The van der Waals surface area contributed by atoms with E-state index in [0.29, 0.717) is 5.56 Å². The maximum absolute atomic E-state index is 10.00. The van der Waals surface area contributed by atoms with Crippen LogP contribution < -0.4 is 4.74 Å². The Kier molecular flexibility index (Phi) is 6.71. The van der Waals surface area contributed by atoms with Crippen LogP contribution in [0.5, 0.6) is 5.75 Å². The Morgan fingerprint density at radius 1 is 0.935 bits per heavy atom. The third-order valence-corrected chi connectivity index (χ3v) is 6.43. The van der Waals surface area contributed by atoms with Crippen molar-refractivity contribution in [2.45, 2.75) is 10.8 Å². The Bertz CT molecular complexity index is 1220. The van der Waals surface area contributed by atoms with Crippen LogP contribution in [0.1, 0.15) is 11.1 Å². The zero-order valence-electron chi connectivity index (χ0n) is 16.9. The van der Waals surface area contributed by atoms with Crippen LogP contribution in [-0.4, -0.2) is 12.1 Å². The first-order chi connectivity index (χ1) is 15.2. The molecule has 0 atom stereocenters. The SMILES string of the molecule is COc1ccc(-c2cc(-c3ccccc3)c(C#N)c(SCc3ccc(Br)cc3)n2)cc1. The van der Waals surface area contributed by atoms with Crippen LogP contribution in [0.4, 0.5) is 0 Å². The van der Waals surface area contributed by atoms with Gasteiger partial charge in [0.25, 0.3) is 0 Å². The number of benzene rings is 3. The summed E-state index contributed by atoms with van der Waals surface area (Å²) in [7, 11) is 1.65. The number of halogens is 1. The standard InChI is InChI=1S/C26H19BrN2OS/c1-30-22-13-9-20(10-14-22)25-15-23(19-5-3-2-4-6-19)24(16-28)26(29-25)31-17-18-7-11-21(27)12-8-18/h2-15H,17H2,1H3. The van der Waals surface area contributed by atoms with E-state index < -0.39 is 0 Å². The van der Waals surface area contributed by atoms with Gasteiger partial charge in [0.15, 0.2) is 0 Å². The van der Waals surface area contributed by atoms with Gasteiger partial charge in [0.05, 0.1) is 18.4 Å². The first kappa shape index (κ1) is 21.2. The van der Waals surface area contributed by atoms with Crippen LogP contribution in [0.25, 0.3) is 22.4 Å². The highest BCUT2D eigenvalue weighted by Crippen LogP contribution is 2.35. The van der Waals surface area contributed by atoms with Crippen LogP contribution in [-0.2, 0) is 5.75 Å². The van der Waals surface area contributed by atoms with E-state index in [0.717, 1.165) is 43.4 Å². The lowest BCUT2D eigenvalue weighted by Crippen LogP contribution is -1.96. The lowest BCUT2D eigenvalue weighted by molar-refractivity contribution is 0.415. The molecule has 0 aliphatic carbocycles. The maximum atomic E-state index is 10.00. The Morgan fingerprint density at radius 2 is 1.65 bits per heavy atom. The maximum Gasteiger partial charge on any atom is 0.118 e. The van der Waals surface area contributed by atoms with Crippen molar-refractivity contribution in [3.8, 4) is 34.2 Å². The normalized spacial score (nSPS) is 10.5. The van der Waals surface area contributed by atoms with Crippen molar-refractivity contribution < 1.29 is 4.74 Å². The Morgan fingerprint density at radius 3 is 2.29 bits per heavy atom. The number of hydrogen-bond acceptors (Lipinski definition) is 4. The molecule has 152 valence electrons. The Balaban J connectivity index is 1.79. The number of pyridine rings is 1. The Labute approximate surface area is 194 Å². The zero-order chi connectivity index (χ0) is 21.6. The van der Waals surface area contributed by atoms with E-state index in [1.807, 2.05) is 72.8 Å². The second-order valence-electron chi connectivity index (χ2n) is 6.86. The molecule has 0 spiro atoms. The summed E-state index contributed by atoms with van der Waals surface area (Å²) in [6.45, 7) is 0. The molecule has 1 heterocycles. The molecule has 3 nitrogen and oxygen atoms in total. The molecule has 4 rings (SSSR count). The fourth-order valence-electron chi connectivity index (χ4n) is 3.22. The van der Waals surface area contributed by atoms with Crippen molar-refractivity contribution in [1.29, 1.82) is 5.26 Å². The summed E-state index contributed by atoms with van der Waals surface area (Å²) < 4.78 is 6.33. The van der Waals surface area contributed by atoms with E-state index in [9.17, 15) is 5.26 Å². The molecule has 0 aliphatic heterocycles. The van der Waals surface area contributed by atoms with Gasteiger partial charge in [-0.25, -0.2) is 4.98 Å². The first-order valence-corrected chi connectivity index (χ1v) is 11.5. The summed E-state index contributed by atoms with van der Waals surface area (Å²) in [6, 6.07) is 30.4. The number of nitrogens with zero attached hydrogens (tertiary/aromatic N) is 2. The van der Waals surface area contributed by atoms with Crippen LogP contribution in [0.2, 0.25) is 0 Å². The Hall–Kier alpha value is -3.07. The van der Waals surface area contributed by atoms with Crippen molar-refractivity contribution >= 4 is 27.7 Å². The summed E-state index contributed by atoms with van der Waals surface area (Å²) in [5.74, 6) is 1.53. The van der Waals surface area contributed by atoms with Gasteiger partial charge < -0.3 is 4.74 Å². The van der Waals surface area contributed by atoms with E-state index in [-0.39, 0.29) is 0 Å². The fraction of sp³-hybridized carbons (Fsp3) is 0.0769. The molecule has 0 unspecified atom stereocenters. The third-order valence-electron chi connectivity index (χ3n) is 4.86. The topological polar surface area (TPSA) is 45.9 Å². The second kappa shape index (κ2) is 9.82. The van der Waals surface area contributed by atoms with E-state index in [1.165, 1.54) is 5.56 Å². The number of thioether (sulfide) groups is 1. The van der Waals surface area contributed by atoms with Crippen LogP contribution >= 0.6 is 27.7 Å². The second-order valence-corrected chi connectivity index (χ2v) is 8.74. The number of aromatic nitrogens is 1. The van der Waals surface area contributed by atoms with Gasteiger partial charge >= 0.3 is 0 Å². The van der Waals surface area contributed by atoms with Crippen molar-refractivity contribution in [2.75, 3.05) is 7.11 Å². The molecule has 0 saturated heterocycles. The molecule has 0 N–H and O–H groups in total. The molecule has 0 amide bonds. The summed E-state index contributed by atoms with van der Waals surface area (Å²) in [5, 5.41) is 10.7. The monoisotopic (exact) mass is 486 g/mol. The molecule has 31 heavy (non-hydrogen) atoms. The number of nitriles is 1. The number of ether oxygens (including phenoxy) is 1. The molecule has 0 aliphatic rings. The van der Waals surface area contributed by atoms with Gasteiger partial charge in [0.2, 0.25) is 0 Å². The number of hydrogen-bond donors (Lipinski definition) is 0. The van der Waals surface area contributed by atoms with Crippen molar-refractivity contribution in [1.82, 2.24) is 4.98 Å². The summed E-state index contributed by atoms with van der Waals surface area (Å²) >= 11 is 5.06. The molecular formula is C26H19BrN2OS. The van der Waals surface area contributed by atoms with Crippen LogP contribution in [0.15, 0.2) is 94.4 Å². The van der Waals surface area contributed by atoms with Gasteiger partial charge in [-0.15, -0.1) is 11.8 Å². The highest BCUT2D eigenvalue weighted by Gasteiger charge is 2.16. The summed E-state index contributed by atoms with van der Waals surface area (Å²) in [4.78, 5) is 4.88. The molecule has 0 radical (unpaired) electrons. The van der Waals surface area contributed by atoms with E-state index >= 15 is 0 Å². The van der Waals surface area contributed by atoms with Crippen molar-refractivity contribution in [3.63, 3.8) is 0 Å². The minimum absolute atomic E-state index is 0.602. The highest BCUT2D eigenvalue weighted by atomic mass is 79.9. The molecule has 0 fully saturated rings. The molecule has 4 aromatic rings. The first-order valence-electron chi connectivity index (χ1n) is 9.70. The smallest absolute Gasteiger partial charge is 0.118 e. The molecule has 5 heteroatoms. The number of rotatable bonds is 6. The molecular weight excluding hydrogens is 468 g/mol. The fourth-order valence-corrected chi connectivity index (χ4v) is 4.44. The predicted molar refractivity (Wildman–Crippen MR) is 130 cm³/mol. The van der Waals surface area contributed by atoms with Gasteiger partial charge in [-0.1, -0.05) is 58.4 Å². The van der Waals surface area contributed by atoms with Crippen LogP contribution in [0.3, 0.4) is 0 Å². The van der Waals surface area contributed by atoms with Crippen molar-refractivity contribution in [3.05, 3.63) is 101 Å². The van der Waals surface area contributed by atoms with E-state index in [2.05, 4.69) is 34.1 Å². The minimum Gasteiger partial charge on any atom is -0.497 e. The lowest BCUT2D eigenvalue weighted by Gasteiger charge is -2.13. The molecule has 0 saturated carbocycles. The molecule has 3 aromatic carbocycles. The van der Waals surface area contributed by atoms with Gasteiger partial charge in [0, 0.05) is 21.4 Å². The largest absolute Gasteiger partial charge is 0.497 e. The molecule has 0 bridgehead atoms. The quantitative estimate of drug-likeness (QED) is 0.267. The van der Waals surface area contributed by atoms with Crippen molar-refractivity contribution in [2.24, 2.45) is 0 Å². The summed E-state index contributed by atoms with van der Waals surface area (Å²) in [6.07, 6.45) is 0. The third kappa shape index (κ3) is 4.99. The highest BCUT2D eigenvalue weighted by molar-refractivity contribution is 9.10. The lowest BCUT2D eigenvalue weighted by atomic mass is 9.99. The minimum atomic E-state index is 0.602. The average molecular weight is 487 g/mol. The van der Waals surface area contributed by atoms with Gasteiger partial charge in [-0.2, -0.15) is 5.26 Å². The molecule has 1 aromatic heterocycles. The van der Waals surface area contributed by atoms with Gasteiger partial charge in [0.1, 0.15) is 16.8 Å².